The van der Waals surface area contributed by atoms with Crippen molar-refractivity contribution in [3.8, 4) is 0 Å². The van der Waals surface area contributed by atoms with E-state index in [9.17, 15) is 4.79 Å². The molecule has 1 heterocycles. The summed E-state index contributed by atoms with van der Waals surface area (Å²) in [6, 6.07) is 0. The van der Waals surface area contributed by atoms with Gasteiger partial charge in [-0.3, -0.25) is 0 Å². The monoisotopic (exact) mass is 383 g/mol. The molecule has 1 aromatic rings. The molecule has 0 aliphatic carbocycles. The number of ether oxygens (including phenoxy) is 1. The molecule has 0 atom stereocenters. The standard InChI is InChI=1S/C17H22BrNO2S/c1-6-12(9-18)8-7-11(2)13-10-22-15(19)14(13)16(20)21-17(3,4)5/h6-8,10H,2,9,19H2,1,3-5H3. The smallest absolute Gasteiger partial charge is 0.342 e. The molecule has 120 valence electrons. The largest absolute Gasteiger partial charge is 0.456 e. The molecule has 0 aromatic carbocycles. The fourth-order valence-corrected chi connectivity index (χ4v) is 3.00. The fourth-order valence-electron chi connectivity index (χ4n) is 1.66. The van der Waals surface area contributed by atoms with E-state index in [2.05, 4.69) is 22.5 Å². The lowest BCUT2D eigenvalue weighted by atomic mass is 10.0. The number of rotatable bonds is 5. The topological polar surface area (TPSA) is 52.3 Å². The Labute approximate surface area is 144 Å². The van der Waals surface area contributed by atoms with Crippen LogP contribution in [0.15, 0.2) is 35.8 Å². The molecule has 0 aliphatic heterocycles. The number of halogens is 1. The molecule has 0 aliphatic rings. The summed E-state index contributed by atoms with van der Waals surface area (Å²) in [4.78, 5) is 12.3. The number of hydrogen-bond acceptors (Lipinski definition) is 4. The molecule has 5 heteroatoms. The number of carbonyl (C=O) groups is 1. The Morgan fingerprint density at radius 1 is 1.45 bits per heavy atom. The highest BCUT2D eigenvalue weighted by atomic mass is 79.9. The Morgan fingerprint density at radius 2 is 2.09 bits per heavy atom. The maximum Gasteiger partial charge on any atom is 0.342 e. The Morgan fingerprint density at radius 3 is 2.59 bits per heavy atom. The number of nitrogen functional groups attached to an aromatic ring is 1. The second-order valence-corrected chi connectivity index (χ2v) is 7.22. The van der Waals surface area contributed by atoms with Crippen LogP contribution < -0.4 is 5.73 Å². The fraction of sp³-hybridized carbons (Fsp3) is 0.353. The predicted molar refractivity (Wildman–Crippen MR) is 99.6 cm³/mol. The Bertz CT molecular complexity index is 621. The van der Waals surface area contributed by atoms with Gasteiger partial charge in [0, 0.05) is 16.3 Å². The van der Waals surface area contributed by atoms with E-state index in [1.54, 1.807) is 0 Å². The first kappa shape index (κ1) is 18.7. The second-order valence-electron chi connectivity index (χ2n) is 5.75. The number of carbonyl (C=O) groups excluding carboxylic acids is 1. The van der Waals surface area contributed by atoms with Crippen LogP contribution in [0.1, 0.15) is 43.6 Å². The summed E-state index contributed by atoms with van der Waals surface area (Å²) in [5, 5.41) is 3.05. The van der Waals surface area contributed by atoms with Crippen molar-refractivity contribution in [1.82, 2.24) is 0 Å². The second kappa shape index (κ2) is 7.79. The van der Waals surface area contributed by atoms with E-state index in [0.29, 0.717) is 10.6 Å². The van der Waals surface area contributed by atoms with Crippen molar-refractivity contribution in [2.75, 3.05) is 11.1 Å². The molecule has 0 amide bonds. The molecule has 0 radical (unpaired) electrons. The van der Waals surface area contributed by atoms with Gasteiger partial charge in [0.25, 0.3) is 0 Å². The average molecular weight is 384 g/mol. The molecule has 22 heavy (non-hydrogen) atoms. The first-order valence-electron chi connectivity index (χ1n) is 6.88. The van der Waals surface area contributed by atoms with Crippen molar-refractivity contribution < 1.29 is 9.53 Å². The van der Waals surface area contributed by atoms with Gasteiger partial charge in [-0.05, 0) is 38.8 Å². The van der Waals surface area contributed by atoms with Crippen LogP contribution in [0.2, 0.25) is 0 Å². The van der Waals surface area contributed by atoms with Crippen LogP contribution in [0.5, 0.6) is 0 Å². The van der Waals surface area contributed by atoms with Crippen LogP contribution in [0.25, 0.3) is 5.57 Å². The molecular formula is C17H22BrNO2S. The molecule has 0 bridgehead atoms. The summed E-state index contributed by atoms with van der Waals surface area (Å²) < 4.78 is 5.43. The highest BCUT2D eigenvalue weighted by Crippen LogP contribution is 2.32. The number of nitrogens with two attached hydrogens (primary N) is 1. The van der Waals surface area contributed by atoms with Gasteiger partial charge < -0.3 is 10.5 Å². The molecule has 0 unspecified atom stereocenters. The van der Waals surface area contributed by atoms with Crippen molar-refractivity contribution in [3.63, 3.8) is 0 Å². The molecule has 0 fully saturated rings. The molecule has 2 N–H and O–H groups in total. The van der Waals surface area contributed by atoms with Crippen molar-refractivity contribution in [3.05, 3.63) is 46.9 Å². The van der Waals surface area contributed by atoms with Gasteiger partial charge in [-0.25, -0.2) is 4.79 Å². The first-order valence-corrected chi connectivity index (χ1v) is 8.88. The highest BCUT2D eigenvalue weighted by Gasteiger charge is 2.24. The van der Waals surface area contributed by atoms with Gasteiger partial charge in [0.05, 0.1) is 0 Å². The number of esters is 1. The molecule has 1 rings (SSSR count). The maximum absolute atomic E-state index is 12.3. The molecule has 0 saturated heterocycles. The van der Waals surface area contributed by atoms with Gasteiger partial charge in [-0.15, -0.1) is 11.3 Å². The zero-order valence-corrected chi connectivity index (χ0v) is 15.8. The van der Waals surface area contributed by atoms with E-state index in [0.717, 1.165) is 22.0 Å². The van der Waals surface area contributed by atoms with Crippen molar-refractivity contribution in [2.24, 2.45) is 0 Å². The minimum Gasteiger partial charge on any atom is -0.456 e. The Balaban J connectivity index is 3.07. The summed E-state index contributed by atoms with van der Waals surface area (Å²) in [6.07, 6.45) is 5.85. The van der Waals surface area contributed by atoms with Gasteiger partial charge in [0.15, 0.2) is 0 Å². The van der Waals surface area contributed by atoms with Crippen LogP contribution in [-0.2, 0) is 4.74 Å². The molecular weight excluding hydrogens is 362 g/mol. The summed E-state index contributed by atoms with van der Waals surface area (Å²) in [7, 11) is 0. The Kier molecular flexibility index (Phi) is 6.63. The van der Waals surface area contributed by atoms with E-state index in [-0.39, 0.29) is 0 Å². The quantitative estimate of drug-likeness (QED) is 0.432. The van der Waals surface area contributed by atoms with Crippen molar-refractivity contribution in [1.29, 1.82) is 0 Å². The molecule has 1 aromatic heterocycles. The van der Waals surface area contributed by atoms with E-state index in [1.807, 2.05) is 51.3 Å². The lowest BCUT2D eigenvalue weighted by Gasteiger charge is -2.20. The van der Waals surface area contributed by atoms with E-state index in [4.69, 9.17) is 10.5 Å². The number of allylic oxidation sites excluding steroid dienone is 5. The van der Waals surface area contributed by atoms with Gasteiger partial charge in [0.2, 0.25) is 0 Å². The predicted octanol–water partition coefficient (Wildman–Crippen LogP) is 5.20. The number of anilines is 1. The van der Waals surface area contributed by atoms with Crippen LogP contribution in [0, 0.1) is 0 Å². The van der Waals surface area contributed by atoms with Gasteiger partial charge in [0.1, 0.15) is 16.2 Å². The third-order valence-electron chi connectivity index (χ3n) is 2.79. The first-order chi connectivity index (χ1) is 10.2. The normalized spacial score (nSPS) is 12.7. The maximum atomic E-state index is 12.3. The van der Waals surface area contributed by atoms with E-state index in [1.165, 1.54) is 11.3 Å². The van der Waals surface area contributed by atoms with Gasteiger partial charge in [-0.2, -0.15) is 0 Å². The third-order valence-corrected chi connectivity index (χ3v) is 4.25. The lowest BCUT2D eigenvalue weighted by Crippen LogP contribution is -2.24. The van der Waals surface area contributed by atoms with Crippen LogP contribution >= 0.6 is 27.3 Å². The zero-order chi connectivity index (χ0) is 16.9. The average Bonchev–Trinajstić information content (AvgIpc) is 2.79. The lowest BCUT2D eigenvalue weighted by molar-refractivity contribution is 0.00710. The summed E-state index contributed by atoms with van der Waals surface area (Å²) in [5.74, 6) is -0.414. The molecule has 0 spiro atoms. The van der Waals surface area contributed by atoms with Crippen LogP contribution in [-0.4, -0.2) is 16.9 Å². The minimum absolute atomic E-state index is 0.399. The summed E-state index contributed by atoms with van der Waals surface area (Å²) in [6.45, 7) is 11.5. The van der Waals surface area contributed by atoms with Crippen molar-refractivity contribution >= 4 is 43.8 Å². The Hall–Kier alpha value is -1.33. The SMILES string of the molecule is C=C(C=CC(=CC)CBr)c1csc(N)c1C(=O)OC(C)(C)C. The molecule has 0 saturated carbocycles. The number of thiophene rings is 1. The summed E-state index contributed by atoms with van der Waals surface area (Å²) >= 11 is 4.73. The van der Waals surface area contributed by atoms with Crippen LogP contribution in [0.3, 0.4) is 0 Å². The zero-order valence-electron chi connectivity index (χ0n) is 13.4. The van der Waals surface area contributed by atoms with Gasteiger partial charge in [-0.1, -0.05) is 40.7 Å². The third kappa shape index (κ3) is 5.14. The number of alkyl halides is 1. The summed E-state index contributed by atoms with van der Waals surface area (Å²) in [5.41, 5.74) is 8.36. The van der Waals surface area contributed by atoms with Crippen molar-refractivity contribution in [2.45, 2.75) is 33.3 Å². The number of hydrogen-bond donors (Lipinski definition) is 1. The van der Waals surface area contributed by atoms with E-state index < -0.39 is 11.6 Å². The van der Waals surface area contributed by atoms with Gasteiger partial charge >= 0.3 is 5.97 Å². The van der Waals surface area contributed by atoms with Crippen LogP contribution in [0.4, 0.5) is 5.00 Å². The molecule has 3 nitrogen and oxygen atoms in total. The minimum atomic E-state index is -0.562. The highest BCUT2D eigenvalue weighted by molar-refractivity contribution is 9.09. The van der Waals surface area contributed by atoms with E-state index >= 15 is 0 Å².